The maximum atomic E-state index is 12.9. The highest BCUT2D eigenvalue weighted by molar-refractivity contribution is 7.89. The number of carbonyl (C=O) groups is 1. The topological polar surface area (TPSA) is 93.5 Å². The highest BCUT2D eigenvalue weighted by Gasteiger charge is 2.27. The van der Waals surface area contributed by atoms with E-state index in [9.17, 15) is 13.2 Å². The van der Waals surface area contributed by atoms with Crippen LogP contribution in [0.3, 0.4) is 0 Å². The van der Waals surface area contributed by atoms with Gasteiger partial charge in [0.15, 0.2) is 0 Å². The number of hydrogen-bond donors (Lipinski definition) is 1. The lowest BCUT2D eigenvalue weighted by atomic mass is 10.2. The van der Waals surface area contributed by atoms with Gasteiger partial charge in [0.1, 0.15) is 5.82 Å². The number of morpholine rings is 1. The number of nitrogens with one attached hydrogen (secondary N) is 1. The number of amides is 1. The van der Waals surface area contributed by atoms with Gasteiger partial charge in [-0.25, -0.2) is 13.4 Å². The van der Waals surface area contributed by atoms with Gasteiger partial charge < -0.3 is 14.6 Å². The minimum absolute atomic E-state index is 0.00370. The number of aromatic nitrogens is 2. The van der Waals surface area contributed by atoms with Crippen LogP contribution in [0.1, 0.15) is 33.0 Å². The Morgan fingerprint density at radius 1 is 1.28 bits per heavy atom. The molecule has 1 aromatic heterocycles. The van der Waals surface area contributed by atoms with Crippen LogP contribution in [0, 0.1) is 5.92 Å². The van der Waals surface area contributed by atoms with Gasteiger partial charge in [0.25, 0.3) is 0 Å². The van der Waals surface area contributed by atoms with Crippen LogP contribution in [-0.4, -0.2) is 61.0 Å². The summed E-state index contributed by atoms with van der Waals surface area (Å²) in [6, 6.07) is 5.08. The predicted octanol–water partition coefficient (Wildman–Crippen LogP) is 1.78. The Morgan fingerprint density at radius 2 is 2.00 bits per heavy atom. The average Bonchev–Trinajstić information content (AvgIpc) is 3.08. The molecule has 1 aliphatic rings. The van der Waals surface area contributed by atoms with Crippen molar-refractivity contribution in [1.82, 2.24) is 19.2 Å². The lowest BCUT2D eigenvalue weighted by Crippen LogP contribution is -2.40. The first-order valence-corrected chi connectivity index (χ1v) is 11.6. The van der Waals surface area contributed by atoms with Gasteiger partial charge in [0, 0.05) is 39.0 Å². The molecule has 1 N–H and O–H groups in total. The average molecular weight is 423 g/mol. The van der Waals surface area contributed by atoms with Crippen molar-refractivity contribution in [2.45, 2.75) is 45.1 Å². The maximum Gasteiger partial charge on any atom is 0.243 e. The van der Waals surface area contributed by atoms with Crippen LogP contribution in [0.15, 0.2) is 23.1 Å². The van der Waals surface area contributed by atoms with Crippen LogP contribution in [0.2, 0.25) is 0 Å². The molecule has 1 aliphatic heterocycles. The van der Waals surface area contributed by atoms with E-state index in [1.54, 1.807) is 12.1 Å². The van der Waals surface area contributed by atoms with Crippen molar-refractivity contribution in [3.8, 4) is 0 Å². The van der Waals surface area contributed by atoms with Crippen LogP contribution >= 0.6 is 0 Å². The van der Waals surface area contributed by atoms with E-state index >= 15 is 0 Å². The fourth-order valence-corrected chi connectivity index (χ4v) is 4.86. The van der Waals surface area contributed by atoms with Gasteiger partial charge in [-0.05, 0) is 31.0 Å². The molecule has 1 saturated heterocycles. The summed E-state index contributed by atoms with van der Waals surface area (Å²) in [7, 11) is -3.57. The minimum atomic E-state index is -3.57. The molecule has 0 unspecified atom stereocenters. The van der Waals surface area contributed by atoms with Gasteiger partial charge in [0.05, 0.1) is 29.1 Å². The number of benzene rings is 1. The van der Waals surface area contributed by atoms with Crippen molar-refractivity contribution in [1.29, 1.82) is 0 Å². The second-order valence-electron chi connectivity index (χ2n) is 7.64. The predicted molar refractivity (Wildman–Crippen MR) is 111 cm³/mol. The Labute approximate surface area is 172 Å². The zero-order valence-corrected chi connectivity index (χ0v) is 18.2. The minimum Gasteiger partial charge on any atom is -0.379 e. The highest BCUT2D eigenvalue weighted by Crippen LogP contribution is 2.24. The van der Waals surface area contributed by atoms with Crippen molar-refractivity contribution < 1.29 is 17.9 Å². The smallest absolute Gasteiger partial charge is 0.243 e. The van der Waals surface area contributed by atoms with Crippen molar-refractivity contribution in [2.24, 2.45) is 5.92 Å². The fraction of sp³-hybridized carbons (Fsp3) is 0.600. The first-order valence-electron chi connectivity index (χ1n) is 10.2. The SMILES string of the molecule is CCn1c(CCC(=O)NCC(C)C)nc2cc(S(=O)(=O)N3CCOCC3)ccc21. The molecule has 0 aliphatic carbocycles. The normalized spacial score (nSPS) is 15.9. The molecule has 1 amide bonds. The fourth-order valence-electron chi connectivity index (χ4n) is 3.43. The first-order chi connectivity index (χ1) is 13.8. The van der Waals surface area contributed by atoms with Gasteiger partial charge in [-0.1, -0.05) is 13.8 Å². The Balaban J connectivity index is 1.81. The molecule has 29 heavy (non-hydrogen) atoms. The molecule has 3 rings (SSSR count). The first kappa shape index (κ1) is 21.7. The van der Waals surface area contributed by atoms with E-state index in [0.29, 0.717) is 63.7 Å². The molecule has 0 bridgehead atoms. The van der Waals surface area contributed by atoms with E-state index in [4.69, 9.17) is 4.74 Å². The van der Waals surface area contributed by atoms with E-state index in [1.807, 2.05) is 17.6 Å². The zero-order valence-electron chi connectivity index (χ0n) is 17.3. The van der Waals surface area contributed by atoms with Gasteiger partial charge in [-0.15, -0.1) is 0 Å². The van der Waals surface area contributed by atoms with E-state index in [1.165, 1.54) is 4.31 Å². The quantitative estimate of drug-likeness (QED) is 0.700. The number of imidazole rings is 1. The number of nitrogens with zero attached hydrogens (tertiary/aromatic N) is 3. The molecule has 0 saturated carbocycles. The third kappa shape index (κ3) is 4.96. The van der Waals surface area contributed by atoms with Gasteiger partial charge in [-0.2, -0.15) is 4.31 Å². The molecule has 1 fully saturated rings. The Hall–Kier alpha value is -1.97. The van der Waals surface area contributed by atoms with Crippen LogP contribution < -0.4 is 5.32 Å². The Morgan fingerprint density at radius 3 is 2.66 bits per heavy atom. The summed E-state index contributed by atoms with van der Waals surface area (Å²) in [4.78, 5) is 16.9. The maximum absolute atomic E-state index is 12.9. The second kappa shape index (κ2) is 9.23. The lowest BCUT2D eigenvalue weighted by molar-refractivity contribution is -0.121. The Kier molecular flexibility index (Phi) is 6.92. The van der Waals surface area contributed by atoms with E-state index < -0.39 is 10.0 Å². The monoisotopic (exact) mass is 422 g/mol. The lowest BCUT2D eigenvalue weighted by Gasteiger charge is -2.26. The van der Waals surface area contributed by atoms with Gasteiger partial charge >= 0.3 is 0 Å². The van der Waals surface area contributed by atoms with E-state index in [2.05, 4.69) is 24.1 Å². The summed E-state index contributed by atoms with van der Waals surface area (Å²) in [6.45, 7) is 9.03. The third-order valence-electron chi connectivity index (χ3n) is 5.01. The molecule has 2 aromatic rings. The van der Waals surface area contributed by atoms with E-state index in [-0.39, 0.29) is 10.8 Å². The Bertz CT molecular complexity index is 962. The third-order valence-corrected chi connectivity index (χ3v) is 6.90. The number of hydrogen-bond acceptors (Lipinski definition) is 5. The summed E-state index contributed by atoms with van der Waals surface area (Å²) in [5, 5.41) is 2.92. The van der Waals surface area contributed by atoms with Crippen LogP contribution in [0.25, 0.3) is 11.0 Å². The number of fused-ring (bicyclic) bond motifs is 1. The molecule has 0 radical (unpaired) electrons. The number of sulfonamides is 1. The molecule has 8 nitrogen and oxygen atoms in total. The largest absolute Gasteiger partial charge is 0.379 e. The number of ether oxygens (including phenoxy) is 1. The summed E-state index contributed by atoms with van der Waals surface area (Å²) < 4.78 is 34.6. The number of rotatable bonds is 8. The van der Waals surface area contributed by atoms with Crippen molar-refractivity contribution in [2.75, 3.05) is 32.8 Å². The number of aryl methyl sites for hydroxylation is 2. The second-order valence-corrected chi connectivity index (χ2v) is 9.58. The van der Waals surface area contributed by atoms with Crippen LogP contribution in [0.5, 0.6) is 0 Å². The standard InChI is InChI=1S/C20H30N4O4S/c1-4-24-18-6-5-16(29(26,27)23-9-11-28-12-10-23)13-17(18)22-19(24)7-8-20(25)21-14-15(2)3/h5-6,13,15H,4,7-12,14H2,1-3H3,(H,21,25). The molecule has 9 heteroatoms. The van der Waals surface area contributed by atoms with Crippen LogP contribution in [-0.2, 0) is 32.5 Å². The molecule has 0 spiro atoms. The highest BCUT2D eigenvalue weighted by atomic mass is 32.2. The van der Waals surface area contributed by atoms with Crippen molar-refractivity contribution >= 4 is 27.0 Å². The van der Waals surface area contributed by atoms with Crippen molar-refractivity contribution in [3.05, 3.63) is 24.0 Å². The molecule has 160 valence electrons. The molecule has 1 aromatic carbocycles. The zero-order chi connectivity index (χ0) is 21.0. The van der Waals surface area contributed by atoms with Crippen LogP contribution in [0.4, 0.5) is 0 Å². The van der Waals surface area contributed by atoms with Gasteiger partial charge in [-0.3, -0.25) is 4.79 Å². The molecule has 2 heterocycles. The number of carbonyl (C=O) groups excluding carboxylic acids is 1. The summed E-state index contributed by atoms with van der Waals surface area (Å²) in [5.74, 6) is 1.21. The summed E-state index contributed by atoms with van der Waals surface area (Å²) in [5.41, 5.74) is 1.52. The molecular weight excluding hydrogens is 392 g/mol. The van der Waals surface area contributed by atoms with E-state index in [0.717, 1.165) is 11.3 Å². The molecular formula is C20H30N4O4S. The van der Waals surface area contributed by atoms with Gasteiger partial charge in [0.2, 0.25) is 15.9 Å². The summed E-state index contributed by atoms with van der Waals surface area (Å²) >= 11 is 0. The summed E-state index contributed by atoms with van der Waals surface area (Å²) in [6.07, 6.45) is 0.868. The molecule has 0 atom stereocenters. The van der Waals surface area contributed by atoms with Crippen molar-refractivity contribution in [3.63, 3.8) is 0 Å².